The molecule has 5 atom stereocenters. The Morgan fingerprint density at radius 1 is 0.389 bits per heavy atom. The van der Waals surface area contributed by atoms with Crippen molar-refractivity contribution >= 4 is 71.4 Å². The van der Waals surface area contributed by atoms with E-state index in [2.05, 4.69) is 254 Å². The lowest BCUT2D eigenvalue weighted by Gasteiger charge is -2.27. The standard InChI is InChI=1S/C70H62N2/c1-3-70(2)64-46-54(26-24-52-34-42-68-62(44-52)60-16-10-18-66(60)71(68)56-36-28-50(29-37-56)22-20-48-12-6-4-7-13-48)32-40-58(64)59-41-33-55(47-65(59)70)27-25-53-35-43-69-63(45-53)61-17-11-19-67(61)72(69)57-38-30-51(31-39-57)23-21-49-14-8-5-9-15-49/h4-9,12-15,20-47,60-61,66-67H,3,10-11,16-19H2,1-2H3/b22-20+,23-21+,26-24-,27-25+. The maximum atomic E-state index is 2.63. The van der Waals surface area contributed by atoms with Crippen LogP contribution in [0.15, 0.2) is 182 Å². The molecule has 0 aromatic heterocycles. The smallest absolute Gasteiger partial charge is 0.0450 e. The van der Waals surface area contributed by atoms with E-state index >= 15 is 0 Å². The van der Waals surface area contributed by atoms with Crippen molar-refractivity contribution < 1.29 is 0 Å². The average molecular weight is 931 g/mol. The molecule has 8 aromatic rings. The summed E-state index contributed by atoms with van der Waals surface area (Å²) < 4.78 is 0. The highest BCUT2D eigenvalue weighted by atomic mass is 15.2. The molecular weight excluding hydrogens is 869 g/mol. The molecule has 0 N–H and O–H groups in total. The van der Waals surface area contributed by atoms with Gasteiger partial charge in [-0.25, -0.2) is 0 Å². The molecule has 72 heavy (non-hydrogen) atoms. The Morgan fingerprint density at radius 3 is 1.14 bits per heavy atom. The van der Waals surface area contributed by atoms with E-state index in [9.17, 15) is 0 Å². The van der Waals surface area contributed by atoms with E-state index in [1.807, 2.05) is 0 Å². The molecule has 0 radical (unpaired) electrons. The average Bonchev–Trinajstić information content (AvgIpc) is 4.27. The summed E-state index contributed by atoms with van der Waals surface area (Å²) in [6.45, 7) is 4.81. The normalized spacial score (nSPS) is 21.5. The van der Waals surface area contributed by atoms with Crippen LogP contribution in [0.4, 0.5) is 22.7 Å². The summed E-state index contributed by atoms with van der Waals surface area (Å²) in [5.74, 6) is 1.16. The predicted molar refractivity (Wildman–Crippen MR) is 308 cm³/mol. The van der Waals surface area contributed by atoms with E-state index < -0.39 is 0 Å². The quantitative estimate of drug-likeness (QED) is 0.119. The molecule has 352 valence electrons. The molecule has 2 aliphatic heterocycles. The molecule has 0 saturated heterocycles. The third kappa shape index (κ3) is 7.98. The minimum Gasteiger partial charge on any atom is -0.338 e. The van der Waals surface area contributed by atoms with Crippen LogP contribution in [0.5, 0.6) is 0 Å². The van der Waals surface area contributed by atoms with Gasteiger partial charge in [-0.05, 0) is 159 Å². The van der Waals surface area contributed by atoms with Crippen LogP contribution in [0.1, 0.15) is 137 Å². The number of rotatable bonds is 11. The number of fused-ring (bicyclic) bond motifs is 9. The van der Waals surface area contributed by atoms with E-state index in [1.165, 1.54) is 139 Å². The van der Waals surface area contributed by atoms with E-state index in [4.69, 9.17) is 0 Å². The molecule has 2 heteroatoms. The molecule has 8 aromatic carbocycles. The number of anilines is 4. The largest absolute Gasteiger partial charge is 0.338 e. The van der Waals surface area contributed by atoms with Crippen LogP contribution in [0, 0.1) is 0 Å². The molecule has 0 bridgehead atoms. The van der Waals surface area contributed by atoms with Gasteiger partial charge in [0.2, 0.25) is 0 Å². The van der Waals surface area contributed by atoms with Crippen LogP contribution in [0.25, 0.3) is 59.7 Å². The van der Waals surface area contributed by atoms with Crippen molar-refractivity contribution in [3.05, 3.63) is 249 Å². The van der Waals surface area contributed by atoms with E-state index in [0.717, 1.165) is 6.42 Å². The fourth-order valence-electron chi connectivity index (χ4n) is 13.3. The molecule has 2 nitrogen and oxygen atoms in total. The molecule has 2 saturated carbocycles. The summed E-state index contributed by atoms with van der Waals surface area (Å²) in [6.07, 6.45) is 26.8. The zero-order chi connectivity index (χ0) is 48.2. The van der Waals surface area contributed by atoms with Gasteiger partial charge in [0.25, 0.3) is 0 Å². The summed E-state index contributed by atoms with van der Waals surface area (Å²) in [5, 5.41) is 0. The highest BCUT2D eigenvalue weighted by Gasteiger charge is 2.44. The van der Waals surface area contributed by atoms with Crippen molar-refractivity contribution in [1.29, 1.82) is 0 Å². The van der Waals surface area contributed by atoms with Gasteiger partial charge in [-0.2, -0.15) is 0 Å². The topological polar surface area (TPSA) is 6.48 Å². The molecular formula is C70H62N2. The highest BCUT2D eigenvalue weighted by molar-refractivity contribution is 5.86. The maximum absolute atomic E-state index is 2.63. The van der Waals surface area contributed by atoms with Crippen LogP contribution in [-0.2, 0) is 5.41 Å². The monoisotopic (exact) mass is 930 g/mol. The highest BCUT2D eigenvalue weighted by Crippen LogP contribution is 2.55. The lowest BCUT2D eigenvalue weighted by Crippen LogP contribution is -2.26. The number of nitrogens with zero attached hydrogens (tertiary/aromatic N) is 2. The van der Waals surface area contributed by atoms with Crippen molar-refractivity contribution in [3.8, 4) is 11.1 Å². The van der Waals surface area contributed by atoms with Gasteiger partial charge < -0.3 is 9.80 Å². The maximum Gasteiger partial charge on any atom is 0.0450 e. The SMILES string of the molecule is CCC1(C)c2cc(/C=C\c3ccc4c(c3)C3CCCC3N4c3ccc(/C=C/c4ccccc4)cc3)ccc2-c2ccc(/C=C/c3ccc4c(c3)C3CCCC3N4c3ccc(/C=C/c4ccccc4)cc3)cc21. The Morgan fingerprint density at radius 2 is 0.736 bits per heavy atom. The Hall–Kier alpha value is -7.68. The zero-order valence-corrected chi connectivity index (χ0v) is 41.6. The molecule has 5 aliphatic rings. The predicted octanol–water partition coefficient (Wildman–Crippen LogP) is 18.6. The van der Waals surface area contributed by atoms with Gasteiger partial charge in [-0.3, -0.25) is 0 Å². The van der Waals surface area contributed by atoms with Gasteiger partial charge in [-0.15, -0.1) is 0 Å². The minimum atomic E-state index is -0.0613. The summed E-state index contributed by atoms with van der Waals surface area (Å²) in [6, 6.07) is 69.1. The Bertz CT molecular complexity index is 3200. The van der Waals surface area contributed by atoms with Gasteiger partial charge in [-0.1, -0.05) is 209 Å². The number of hydrogen-bond acceptors (Lipinski definition) is 2. The van der Waals surface area contributed by atoms with Crippen LogP contribution in [-0.4, -0.2) is 12.1 Å². The molecule has 0 amide bonds. The first-order valence-electron chi connectivity index (χ1n) is 26.7. The molecule has 13 rings (SSSR count). The molecule has 0 spiro atoms. The van der Waals surface area contributed by atoms with E-state index in [1.54, 1.807) is 0 Å². The molecule has 5 unspecified atom stereocenters. The first-order valence-corrected chi connectivity index (χ1v) is 26.7. The van der Waals surface area contributed by atoms with Crippen LogP contribution < -0.4 is 9.80 Å². The Balaban J connectivity index is 0.711. The Kier molecular flexibility index (Phi) is 11.4. The third-order valence-corrected chi connectivity index (χ3v) is 17.1. The molecule has 2 heterocycles. The van der Waals surface area contributed by atoms with Gasteiger partial charge in [0.15, 0.2) is 0 Å². The van der Waals surface area contributed by atoms with Crippen molar-refractivity contribution in [2.45, 2.75) is 88.1 Å². The first-order chi connectivity index (χ1) is 35.5. The second kappa shape index (κ2) is 18.5. The van der Waals surface area contributed by atoms with Gasteiger partial charge in [0, 0.05) is 52.1 Å². The lowest BCUT2D eigenvalue weighted by molar-refractivity contribution is 0.564. The fourth-order valence-corrected chi connectivity index (χ4v) is 13.3. The molecule has 3 aliphatic carbocycles. The van der Waals surface area contributed by atoms with Crippen LogP contribution >= 0.6 is 0 Å². The first kappa shape index (κ1) is 44.3. The van der Waals surface area contributed by atoms with Gasteiger partial charge >= 0.3 is 0 Å². The van der Waals surface area contributed by atoms with Gasteiger partial charge in [0.05, 0.1) is 0 Å². The van der Waals surface area contributed by atoms with Crippen LogP contribution in [0.3, 0.4) is 0 Å². The fraction of sp³-hybridized carbons (Fsp3) is 0.200. The number of hydrogen-bond donors (Lipinski definition) is 0. The van der Waals surface area contributed by atoms with E-state index in [-0.39, 0.29) is 5.41 Å². The second-order valence-corrected chi connectivity index (χ2v) is 21.2. The lowest BCUT2D eigenvalue weighted by atomic mass is 9.77. The third-order valence-electron chi connectivity index (χ3n) is 17.1. The zero-order valence-electron chi connectivity index (χ0n) is 41.6. The van der Waals surface area contributed by atoms with Crippen molar-refractivity contribution in [2.75, 3.05) is 9.80 Å². The number of benzene rings is 8. The van der Waals surface area contributed by atoms with Crippen molar-refractivity contribution in [3.63, 3.8) is 0 Å². The summed E-state index contributed by atoms with van der Waals surface area (Å²) in [4.78, 5) is 5.27. The summed E-state index contributed by atoms with van der Waals surface area (Å²) in [7, 11) is 0. The Labute approximate surface area is 427 Å². The summed E-state index contributed by atoms with van der Waals surface area (Å²) in [5.41, 5.74) is 23.9. The summed E-state index contributed by atoms with van der Waals surface area (Å²) >= 11 is 0. The second-order valence-electron chi connectivity index (χ2n) is 21.2. The van der Waals surface area contributed by atoms with Crippen molar-refractivity contribution in [2.24, 2.45) is 0 Å². The van der Waals surface area contributed by atoms with Crippen LogP contribution in [0.2, 0.25) is 0 Å². The van der Waals surface area contributed by atoms with Crippen molar-refractivity contribution in [1.82, 2.24) is 0 Å². The minimum absolute atomic E-state index is 0.0613. The van der Waals surface area contributed by atoms with E-state index in [0.29, 0.717) is 23.9 Å². The van der Waals surface area contributed by atoms with Gasteiger partial charge in [0.1, 0.15) is 0 Å². The molecule has 2 fully saturated rings.